The van der Waals surface area contributed by atoms with Crippen molar-refractivity contribution in [3.05, 3.63) is 22.4 Å². The van der Waals surface area contributed by atoms with E-state index in [0.717, 1.165) is 32.1 Å². The quantitative estimate of drug-likeness (QED) is 0.786. The van der Waals surface area contributed by atoms with E-state index >= 15 is 0 Å². The minimum Gasteiger partial charge on any atom is -0.354 e. The molecule has 0 aliphatic heterocycles. The zero-order chi connectivity index (χ0) is 19.2. The highest BCUT2D eigenvalue weighted by Crippen LogP contribution is 2.61. The lowest BCUT2D eigenvalue weighted by Gasteiger charge is -2.61. The van der Waals surface area contributed by atoms with Crippen LogP contribution in [0.2, 0.25) is 0 Å². The number of amides is 2. The summed E-state index contributed by atoms with van der Waals surface area (Å²) < 4.78 is 0. The van der Waals surface area contributed by atoms with Crippen molar-refractivity contribution >= 4 is 23.2 Å². The molecule has 2 unspecified atom stereocenters. The van der Waals surface area contributed by atoms with Crippen LogP contribution in [0.3, 0.4) is 0 Å². The van der Waals surface area contributed by atoms with Crippen molar-refractivity contribution in [2.24, 2.45) is 17.3 Å². The number of nitrogens with zero attached hydrogens (tertiary/aromatic N) is 1. The molecule has 5 atom stereocenters. The number of nitrogens with one attached hydrogen (secondary N) is 2. The standard InChI is InChI=1S/C21H31N3O2S/c1-14(25)23-21-10-15-7-16(11-21)9-20(8-15,13-21)19(26)22-12-17(24(2)3)18-5-4-6-27-18/h4-6,15-17H,7-13H2,1-3H3,(H,22,26)(H,23,25)/t15-,16+,17-,20?,21?/m1/s1. The summed E-state index contributed by atoms with van der Waals surface area (Å²) in [4.78, 5) is 28.6. The van der Waals surface area contributed by atoms with Gasteiger partial charge in [0.25, 0.3) is 0 Å². The van der Waals surface area contributed by atoms with Gasteiger partial charge in [-0.2, -0.15) is 0 Å². The van der Waals surface area contributed by atoms with Crippen LogP contribution < -0.4 is 10.6 Å². The molecule has 4 bridgehead atoms. The number of hydrogen-bond acceptors (Lipinski definition) is 4. The Hall–Kier alpha value is -1.40. The number of thiophene rings is 1. The molecule has 4 aliphatic rings. The Morgan fingerprint density at radius 1 is 1.26 bits per heavy atom. The molecule has 148 valence electrons. The number of carbonyl (C=O) groups excluding carboxylic acids is 2. The van der Waals surface area contributed by atoms with Gasteiger partial charge in [-0.25, -0.2) is 0 Å². The molecule has 4 saturated carbocycles. The summed E-state index contributed by atoms with van der Waals surface area (Å²) in [6, 6.07) is 4.40. The van der Waals surface area contributed by atoms with Gasteiger partial charge < -0.3 is 15.5 Å². The third-order valence-corrected chi connectivity index (χ3v) is 7.91. The highest BCUT2D eigenvalue weighted by atomic mass is 32.1. The first kappa shape index (κ1) is 18.9. The second-order valence-electron chi connectivity index (χ2n) is 9.41. The maximum absolute atomic E-state index is 13.4. The van der Waals surface area contributed by atoms with Crippen LogP contribution in [0, 0.1) is 17.3 Å². The van der Waals surface area contributed by atoms with Gasteiger partial charge in [-0.15, -0.1) is 11.3 Å². The number of likely N-dealkylation sites (N-methyl/N-ethyl adjacent to an activating group) is 1. The zero-order valence-corrected chi connectivity index (χ0v) is 17.4. The summed E-state index contributed by atoms with van der Waals surface area (Å²) in [6.07, 6.45) is 6.11. The van der Waals surface area contributed by atoms with Crippen molar-refractivity contribution in [3.8, 4) is 0 Å². The minimum atomic E-state index is -0.293. The lowest BCUT2D eigenvalue weighted by molar-refractivity contribution is -0.153. The SMILES string of the molecule is CC(=O)NC12C[C@H]3C[C@@H](C1)CC(C(=O)NC[C@H](c1cccs1)N(C)C)(C3)C2. The Morgan fingerprint density at radius 2 is 1.96 bits per heavy atom. The van der Waals surface area contributed by atoms with E-state index in [0.29, 0.717) is 18.4 Å². The number of rotatable bonds is 6. The Labute approximate surface area is 165 Å². The van der Waals surface area contributed by atoms with Gasteiger partial charge in [0, 0.05) is 23.9 Å². The predicted molar refractivity (Wildman–Crippen MR) is 107 cm³/mol. The van der Waals surface area contributed by atoms with Gasteiger partial charge in [0.1, 0.15) is 0 Å². The first-order chi connectivity index (χ1) is 12.8. The third-order valence-electron chi connectivity index (χ3n) is 6.93. The van der Waals surface area contributed by atoms with Crippen molar-refractivity contribution in [1.82, 2.24) is 15.5 Å². The van der Waals surface area contributed by atoms with Gasteiger partial charge in [0.2, 0.25) is 11.8 Å². The summed E-state index contributed by atoms with van der Waals surface area (Å²) in [5.41, 5.74) is -0.444. The van der Waals surface area contributed by atoms with Crippen LogP contribution in [0.5, 0.6) is 0 Å². The molecular weight excluding hydrogens is 358 g/mol. The highest BCUT2D eigenvalue weighted by molar-refractivity contribution is 7.10. The fourth-order valence-electron chi connectivity index (χ4n) is 6.44. The number of hydrogen-bond donors (Lipinski definition) is 2. The van der Waals surface area contributed by atoms with Crippen LogP contribution in [0.1, 0.15) is 56.4 Å². The average molecular weight is 390 g/mol. The monoisotopic (exact) mass is 389 g/mol. The summed E-state index contributed by atoms with van der Waals surface area (Å²) in [6.45, 7) is 2.24. The van der Waals surface area contributed by atoms with Crippen LogP contribution >= 0.6 is 11.3 Å². The molecule has 0 spiro atoms. The van der Waals surface area contributed by atoms with E-state index < -0.39 is 0 Å². The maximum atomic E-state index is 13.4. The Morgan fingerprint density at radius 3 is 2.52 bits per heavy atom. The fourth-order valence-corrected chi connectivity index (χ4v) is 7.37. The molecule has 1 heterocycles. The Bertz CT molecular complexity index is 701. The van der Waals surface area contributed by atoms with Gasteiger partial charge in [-0.3, -0.25) is 9.59 Å². The van der Waals surface area contributed by atoms with E-state index in [9.17, 15) is 9.59 Å². The average Bonchev–Trinajstić information content (AvgIpc) is 3.06. The van der Waals surface area contributed by atoms with Crippen molar-refractivity contribution in [2.45, 2.75) is 57.0 Å². The first-order valence-electron chi connectivity index (χ1n) is 10.1. The van der Waals surface area contributed by atoms with Gasteiger partial charge >= 0.3 is 0 Å². The van der Waals surface area contributed by atoms with Crippen molar-refractivity contribution in [1.29, 1.82) is 0 Å². The first-order valence-corrected chi connectivity index (χ1v) is 11.0. The molecule has 0 radical (unpaired) electrons. The molecule has 5 nitrogen and oxygen atoms in total. The van der Waals surface area contributed by atoms with Crippen molar-refractivity contribution in [2.75, 3.05) is 20.6 Å². The van der Waals surface area contributed by atoms with Gasteiger partial charge in [-0.05, 0) is 75.9 Å². The summed E-state index contributed by atoms with van der Waals surface area (Å²) in [5.74, 6) is 1.39. The smallest absolute Gasteiger partial charge is 0.226 e. The molecule has 4 aliphatic carbocycles. The lowest BCUT2D eigenvalue weighted by Crippen LogP contribution is -2.65. The highest BCUT2D eigenvalue weighted by Gasteiger charge is 2.60. The van der Waals surface area contributed by atoms with E-state index in [4.69, 9.17) is 0 Å². The summed E-state index contributed by atoms with van der Waals surface area (Å²) >= 11 is 1.74. The predicted octanol–water partition coefficient (Wildman–Crippen LogP) is 2.94. The molecule has 2 amide bonds. The Balaban J connectivity index is 1.49. The second kappa shape index (κ2) is 6.89. The lowest BCUT2D eigenvalue weighted by atomic mass is 9.46. The van der Waals surface area contributed by atoms with Crippen molar-refractivity contribution in [3.63, 3.8) is 0 Å². The van der Waals surface area contributed by atoms with E-state index in [2.05, 4.69) is 47.1 Å². The molecule has 2 N–H and O–H groups in total. The largest absolute Gasteiger partial charge is 0.354 e. The van der Waals surface area contributed by atoms with E-state index in [1.807, 2.05) is 0 Å². The summed E-state index contributed by atoms with van der Waals surface area (Å²) in [5, 5.41) is 8.63. The summed E-state index contributed by atoms with van der Waals surface area (Å²) in [7, 11) is 4.13. The molecule has 0 aromatic carbocycles. The van der Waals surface area contributed by atoms with E-state index in [-0.39, 0.29) is 28.8 Å². The zero-order valence-electron chi connectivity index (χ0n) is 16.6. The van der Waals surface area contributed by atoms with Crippen LogP contribution in [0.15, 0.2) is 17.5 Å². The van der Waals surface area contributed by atoms with Crippen molar-refractivity contribution < 1.29 is 9.59 Å². The van der Waals surface area contributed by atoms with Crippen LogP contribution in [-0.4, -0.2) is 42.9 Å². The molecule has 27 heavy (non-hydrogen) atoms. The van der Waals surface area contributed by atoms with Crippen LogP contribution in [0.4, 0.5) is 0 Å². The number of carbonyl (C=O) groups is 2. The van der Waals surface area contributed by atoms with Gasteiger partial charge in [0.05, 0.1) is 11.5 Å². The molecular formula is C21H31N3O2S. The fraction of sp³-hybridized carbons (Fsp3) is 0.714. The molecule has 5 rings (SSSR count). The van der Waals surface area contributed by atoms with E-state index in [1.54, 1.807) is 18.3 Å². The van der Waals surface area contributed by atoms with Crippen LogP contribution in [-0.2, 0) is 9.59 Å². The molecule has 6 heteroatoms. The van der Waals surface area contributed by atoms with Crippen LogP contribution in [0.25, 0.3) is 0 Å². The second-order valence-corrected chi connectivity index (χ2v) is 10.4. The molecule has 1 aromatic heterocycles. The Kier molecular flexibility index (Phi) is 4.83. The normalized spacial score (nSPS) is 35.3. The van der Waals surface area contributed by atoms with Gasteiger partial charge in [0.15, 0.2) is 0 Å². The topological polar surface area (TPSA) is 61.4 Å². The maximum Gasteiger partial charge on any atom is 0.226 e. The molecule has 4 fully saturated rings. The molecule has 0 saturated heterocycles. The third kappa shape index (κ3) is 3.54. The molecule has 1 aromatic rings. The van der Waals surface area contributed by atoms with E-state index in [1.165, 1.54) is 11.3 Å². The van der Waals surface area contributed by atoms with Gasteiger partial charge in [-0.1, -0.05) is 6.07 Å². The minimum absolute atomic E-state index is 0.0397.